The van der Waals surface area contributed by atoms with Gasteiger partial charge in [-0.2, -0.15) is 5.26 Å². The maximum absolute atomic E-state index is 8.77. The number of allylic oxidation sites excluding steroid dienone is 2. The van der Waals surface area contributed by atoms with E-state index in [1.54, 1.807) is 0 Å². The fourth-order valence-corrected chi connectivity index (χ4v) is 2.28. The molecule has 1 fully saturated rings. The Kier molecular flexibility index (Phi) is 1.11. The van der Waals surface area contributed by atoms with Crippen LogP contribution in [0.2, 0.25) is 0 Å². The van der Waals surface area contributed by atoms with Gasteiger partial charge in [-0.05, 0) is 24.2 Å². The molecule has 0 radical (unpaired) electrons. The Hall–Kier alpha value is -0.770. The average molecular weight is 133 g/mol. The second-order valence-corrected chi connectivity index (χ2v) is 3.46. The lowest BCUT2D eigenvalue weighted by Gasteiger charge is -2.16. The molecule has 10 heavy (non-hydrogen) atoms. The minimum Gasteiger partial charge on any atom is -0.198 e. The molecule has 2 bridgehead atoms. The Morgan fingerprint density at radius 2 is 2.10 bits per heavy atom. The number of hydrogen-bond donors (Lipinski definition) is 0. The lowest BCUT2D eigenvalue weighted by molar-refractivity contribution is 0.412. The standard InChI is InChI=1S/C9H11N/c1-6-7-2-3-8(4-7)9(6)5-10/h2-3,6-9H,4H2,1H3. The van der Waals surface area contributed by atoms with Crippen molar-refractivity contribution in [1.29, 1.82) is 5.26 Å². The number of nitriles is 1. The van der Waals surface area contributed by atoms with Gasteiger partial charge in [0.15, 0.2) is 0 Å². The minimum absolute atomic E-state index is 0.315. The predicted octanol–water partition coefficient (Wildman–Crippen LogP) is 1.97. The van der Waals surface area contributed by atoms with Gasteiger partial charge >= 0.3 is 0 Å². The highest BCUT2D eigenvalue weighted by Crippen LogP contribution is 2.47. The Morgan fingerprint density at radius 1 is 1.40 bits per heavy atom. The lowest BCUT2D eigenvalue weighted by atomic mass is 9.86. The molecular weight excluding hydrogens is 122 g/mol. The van der Waals surface area contributed by atoms with Crippen LogP contribution in [0.1, 0.15) is 13.3 Å². The van der Waals surface area contributed by atoms with E-state index in [2.05, 4.69) is 25.1 Å². The molecular formula is C9H11N. The number of rotatable bonds is 0. The number of nitrogens with zero attached hydrogens (tertiary/aromatic N) is 1. The van der Waals surface area contributed by atoms with E-state index in [1.807, 2.05) is 0 Å². The second-order valence-electron chi connectivity index (χ2n) is 3.46. The van der Waals surface area contributed by atoms with Crippen LogP contribution >= 0.6 is 0 Å². The van der Waals surface area contributed by atoms with Crippen molar-refractivity contribution >= 4 is 0 Å². The summed E-state index contributed by atoms with van der Waals surface area (Å²) in [7, 11) is 0. The lowest BCUT2D eigenvalue weighted by Crippen LogP contribution is -2.14. The van der Waals surface area contributed by atoms with E-state index in [0.29, 0.717) is 17.8 Å². The smallest absolute Gasteiger partial charge is 0.0665 e. The van der Waals surface area contributed by atoms with Crippen LogP contribution in [-0.4, -0.2) is 0 Å². The third-order valence-corrected chi connectivity index (χ3v) is 3.00. The third kappa shape index (κ3) is 0.568. The van der Waals surface area contributed by atoms with E-state index in [1.165, 1.54) is 6.42 Å². The van der Waals surface area contributed by atoms with Gasteiger partial charge in [0.2, 0.25) is 0 Å². The maximum atomic E-state index is 8.77. The van der Waals surface area contributed by atoms with Crippen LogP contribution < -0.4 is 0 Å². The van der Waals surface area contributed by atoms with Crippen molar-refractivity contribution in [3.8, 4) is 6.07 Å². The summed E-state index contributed by atoms with van der Waals surface area (Å²) in [5.74, 6) is 2.23. The maximum Gasteiger partial charge on any atom is 0.0665 e. The Morgan fingerprint density at radius 3 is 2.50 bits per heavy atom. The molecule has 0 aromatic carbocycles. The molecule has 0 heterocycles. The van der Waals surface area contributed by atoms with Gasteiger partial charge in [0.05, 0.1) is 12.0 Å². The van der Waals surface area contributed by atoms with Crippen molar-refractivity contribution in [2.45, 2.75) is 13.3 Å². The second kappa shape index (κ2) is 1.85. The molecule has 52 valence electrons. The van der Waals surface area contributed by atoms with Gasteiger partial charge in [-0.1, -0.05) is 19.1 Å². The van der Waals surface area contributed by atoms with Crippen LogP contribution in [0.25, 0.3) is 0 Å². The van der Waals surface area contributed by atoms with Crippen LogP contribution in [0, 0.1) is 35.0 Å². The zero-order valence-electron chi connectivity index (χ0n) is 6.12. The van der Waals surface area contributed by atoms with Crippen molar-refractivity contribution in [2.24, 2.45) is 23.7 Å². The first-order valence-electron chi connectivity index (χ1n) is 3.91. The Balaban J connectivity index is 2.28. The summed E-state index contributed by atoms with van der Waals surface area (Å²) in [6.07, 6.45) is 5.74. The van der Waals surface area contributed by atoms with Gasteiger partial charge in [0.25, 0.3) is 0 Å². The molecule has 2 rings (SSSR count). The molecule has 0 N–H and O–H groups in total. The molecule has 2 aliphatic carbocycles. The molecule has 0 aromatic rings. The number of fused-ring (bicyclic) bond motifs is 2. The predicted molar refractivity (Wildman–Crippen MR) is 39.0 cm³/mol. The molecule has 1 saturated carbocycles. The van der Waals surface area contributed by atoms with Crippen LogP contribution in [0.5, 0.6) is 0 Å². The summed E-state index contributed by atoms with van der Waals surface area (Å²) >= 11 is 0. The van der Waals surface area contributed by atoms with Crippen molar-refractivity contribution in [2.75, 3.05) is 0 Å². The van der Waals surface area contributed by atoms with Gasteiger partial charge < -0.3 is 0 Å². The molecule has 2 aliphatic rings. The monoisotopic (exact) mass is 133 g/mol. The summed E-state index contributed by atoms with van der Waals surface area (Å²) in [4.78, 5) is 0. The van der Waals surface area contributed by atoms with E-state index in [0.717, 1.165) is 5.92 Å². The molecule has 1 nitrogen and oxygen atoms in total. The summed E-state index contributed by atoms with van der Waals surface area (Å²) in [5, 5.41) is 8.77. The first-order valence-corrected chi connectivity index (χ1v) is 3.91. The van der Waals surface area contributed by atoms with Gasteiger partial charge in [-0.15, -0.1) is 0 Å². The van der Waals surface area contributed by atoms with Crippen molar-refractivity contribution < 1.29 is 0 Å². The molecule has 0 saturated heterocycles. The van der Waals surface area contributed by atoms with Gasteiger partial charge in [0.1, 0.15) is 0 Å². The molecule has 4 atom stereocenters. The summed E-state index contributed by atoms with van der Waals surface area (Å²) < 4.78 is 0. The topological polar surface area (TPSA) is 23.8 Å². The summed E-state index contributed by atoms with van der Waals surface area (Å²) in [5.41, 5.74) is 0. The highest BCUT2D eigenvalue weighted by atomic mass is 14.5. The molecule has 1 heteroatoms. The SMILES string of the molecule is CC1C2C=CC(C2)C1C#N. The molecule has 0 amide bonds. The molecule has 4 unspecified atom stereocenters. The summed E-state index contributed by atoms with van der Waals surface area (Å²) in [6.45, 7) is 2.20. The molecule has 0 spiro atoms. The molecule has 0 aromatic heterocycles. The first-order chi connectivity index (χ1) is 4.83. The first kappa shape index (κ1) is 5.97. The highest BCUT2D eigenvalue weighted by molar-refractivity contribution is 5.17. The zero-order valence-corrected chi connectivity index (χ0v) is 6.12. The van der Waals surface area contributed by atoms with E-state index >= 15 is 0 Å². The Labute approximate surface area is 61.4 Å². The fraction of sp³-hybridized carbons (Fsp3) is 0.667. The van der Waals surface area contributed by atoms with Crippen molar-refractivity contribution in [1.82, 2.24) is 0 Å². The van der Waals surface area contributed by atoms with Gasteiger partial charge in [0, 0.05) is 0 Å². The Bertz CT molecular complexity index is 211. The summed E-state index contributed by atoms with van der Waals surface area (Å²) in [6, 6.07) is 2.39. The van der Waals surface area contributed by atoms with Gasteiger partial charge in [-0.3, -0.25) is 0 Å². The quantitative estimate of drug-likeness (QED) is 0.463. The largest absolute Gasteiger partial charge is 0.198 e. The zero-order chi connectivity index (χ0) is 7.14. The van der Waals surface area contributed by atoms with Crippen LogP contribution in [0.3, 0.4) is 0 Å². The minimum atomic E-state index is 0.315. The third-order valence-electron chi connectivity index (χ3n) is 3.00. The van der Waals surface area contributed by atoms with E-state index in [9.17, 15) is 0 Å². The molecule has 0 aliphatic heterocycles. The normalized spacial score (nSPS) is 49.6. The van der Waals surface area contributed by atoms with Crippen LogP contribution in [0.4, 0.5) is 0 Å². The van der Waals surface area contributed by atoms with E-state index < -0.39 is 0 Å². The number of hydrogen-bond acceptors (Lipinski definition) is 1. The van der Waals surface area contributed by atoms with E-state index in [4.69, 9.17) is 5.26 Å². The van der Waals surface area contributed by atoms with Gasteiger partial charge in [-0.25, -0.2) is 0 Å². The van der Waals surface area contributed by atoms with Crippen LogP contribution in [0.15, 0.2) is 12.2 Å². The highest BCUT2D eigenvalue weighted by Gasteiger charge is 2.41. The van der Waals surface area contributed by atoms with E-state index in [-0.39, 0.29) is 0 Å². The average Bonchev–Trinajstić information content (AvgIpc) is 2.46. The van der Waals surface area contributed by atoms with Crippen molar-refractivity contribution in [3.63, 3.8) is 0 Å². The fourth-order valence-electron chi connectivity index (χ4n) is 2.28. The van der Waals surface area contributed by atoms with Crippen molar-refractivity contribution in [3.05, 3.63) is 12.2 Å². The van der Waals surface area contributed by atoms with Crippen LogP contribution in [-0.2, 0) is 0 Å².